The van der Waals surface area contributed by atoms with Crippen molar-refractivity contribution in [3.8, 4) is 5.82 Å². The summed E-state index contributed by atoms with van der Waals surface area (Å²) < 4.78 is 1.60. The molecule has 1 saturated carbocycles. The van der Waals surface area contributed by atoms with E-state index in [0.29, 0.717) is 23.3 Å². The molecule has 1 saturated heterocycles. The van der Waals surface area contributed by atoms with Gasteiger partial charge in [-0.05, 0) is 44.6 Å². The van der Waals surface area contributed by atoms with E-state index in [1.54, 1.807) is 16.9 Å². The van der Waals surface area contributed by atoms with Crippen LogP contribution in [-0.4, -0.2) is 43.4 Å². The number of aromatic nitrogens is 4. The van der Waals surface area contributed by atoms with Gasteiger partial charge in [-0.2, -0.15) is 10.2 Å². The number of amides is 1. The van der Waals surface area contributed by atoms with Gasteiger partial charge in [0.15, 0.2) is 5.82 Å². The Morgan fingerprint density at radius 1 is 1.20 bits per heavy atom. The second kappa shape index (κ2) is 6.46. The number of carbonyl (C=O) groups is 1. The van der Waals surface area contributed by atoms with Crippen molar-refractivity contribution in [2.24, 2.45) is 5.92 Å². The zero-order valence-electron chi connectivity index (χ0n) is 14.4. The van der Waals surface area contributed by atoms with Crippen LogP contribution in [0.3, 0.4) is 0 Å². The van der Waals surface area contributed by atoms with Gasteiger partial charge in [0.05, 0.1) is 17.5 Å². The monoisotopic (exact) mass is 341 g/mol. The van der Waals surface area contributed by atoms with Crippen molar-refractivity contribution < 1.29 is 4.79 Å². The fourth-order valence-corrected chi connectivity index (χ4v) is 4.34. The van der Waals surface area contributed by atoms with E-state index < -0.39 is 0 Å². The van der Waals surface area contributed by atoms with E-state index in [0.717, 1.165) is 25.1 Å². The Morgan fingerprint density at radius 3 is 2.80 bits per heavy atom. The first-order valence-corrected chi connectivity index (χ1v) is 9.07. The molecule has 4 rings (SSSR count). The third-order valence-electron chi connectivity index (χ3n) is 5.63. The predicted molar refractivity (Wildman–Crippen MR) is 92.7 cm³/mol. The summed E-state index contributed by atoms with van der Waals surface area (Å²) in [5, 5.41) is 10.7. The Balaban J connectivity index is 1.62. The van der Waals surface area contributed by atoms with Crippen molar-refractivity contribution in [2.45, 2.75) is 51.5 Å². The SMILES string of the molecule is Cc1c(C(=O)N2CCCC3CCCCC32)cnn1-c1ccc(=O)[nH]n1. The van der Waals surface area contributed by atoms with Gasteiger partial charge in [0, 0.05) is 18.7 Å². The van der Waals surface area contributed by atoms with Gasteiger partial charge >= 0.3 is 0 Å². The molecule has 0 bridgehead atoms. The minimum atomic E-state index is -0.262. The van der Waals surface area contributed by atoms with E-state index in [1.807, 2.05) is 6.92 Å². The molecule has 7 nitrogen and oxygen atoms in total. The van der Waals surface area contributed by atoms with Crippen LogP contribution in [0.4, 0.5) is 0 Å². The summed E-state index contributed by atoms with van der Waals surface area (Å²) in [7, 11) is 0. The number of hydrogen-bond donors (Lipinski definition) is 1. The molecular formula is C18H23N5O2. The number of rotatable bonds is 2. The molecule has 0 aromatic carbocycles. The van der Waals surface area contributed by atoms with Crippen LogP contribution < -0.4 is 5.56 Å². The summed E-state index contributed by atoms with van der Waals surface area (Å²) in [5.74, 6) is 1.23. The van der Waals surface area contributed by atoms with Gasteiger partial charge in [0.25, 0.3) is 11.5 Å². The lowest BCUT2D eigenvalue weighted by Gasteiger charge is -2.44. The number of nitrogens with zero attached hydrogens (tertiary/aromatic N) is 4. The molecule has 0 spiro atoms. The summed E-state index contributed by atoms with van der Waals surface area (Å²) in [4.78, 5) is 26.4. The smallest absolute Gasteiger partial charge is 0.264 e. The summed E-state index contributed by atoms with van der Waals surface area (Å²) in [5.41, 5.74) is 1.11. The second-order valence-corrected chi connectivity index (χ2v) is 7.09. The van der Waals surface area contributed by atoms with Crippen LogP contribution in [0.25, 0.3) is 5.82 Å². The first-order valence-electron chi connectivity index (χ1n) is 9.07. The summed E-state index contributed by atoms with van der Waals surface area (Å²) in [6.45, 7) is 2.71. The molecule has 1 aliphatic carbocycles. The normalized spacial score (nSPS) is 23.3. The maximum Gasteiger partial charge on any atom is 0.264 e. The van der Waals surface area contributed by atoms with E-state index >= 15 is 0 Å². The average molecular weight is 341 g/mol. The van der Waals surface area contributed by atoms with Crippen molar-refractivity contribution in [2.75, 3.05) is 6.54 Å². The van der Waals surface area contributed by atoms with Gasteiger partial charge in [-0.25, -0.2) is 9.78 Å². The van der Waals surface area contributed by atoms with Crippen molar-refractivity contribution in [3.63, 3.8) is 0 Å². The minimum absolute atomic E-state index is 0.0739. The lowest BCUT2D eigenvalue weighted by Crippen LogP contribution is -2.49. The Labute approximate surface area is 146 Å². The Morgan fingerprint density at radius 2 is 2.00 bits per heavy atom. The first kappa shape index (κ1) is 16.1. The number of hydrogen-bond acceptors (Lipinski definition) is 4. The highest BCUT2D eigenvalue weighted by atomic mass is 16.2. The fraction of sp³-hybridized carbons (Fsp3) is 0.556. The molecule has 1 N–H and O–H groups in total. The minimum Gasteiger partial charge on any atom is -0.335 e. The molecule has 2 unspecified atom stereocenters. The molecular weight excluding hydrogens is 318 g/mol. The third-order valence-corrected chi connectivity index (χ3v) is 5.63. The van der Waals surface area contributed by atoms with Gasteiger partial charge in [-0.1, -0.05) is 12.8 Å². The van der Waals surface area contributed by atoms with E-state index in [4.69, 9.17) is 0 Å². The maximum atomic E-state index is 13.2. The van der Waals surface area contributed by atoms with Crippen molar-refractivity contribution in [1.29, 1.82) is 0 Å². The number of piperidine rings is 1. The molecule has 0 radical (unpaired) electrons. The van der Waals surface area contributed by atoms with Crippen LogP contribution in [0, 0.1) is 12.8 Å². The van der Waals surface area contributed by atoms with Crippen molar-refractivity contribution in [1.82, 2.24) is 24.9 Å². The molecule has 25 heavy (non-hydrogen) atoms. The molecule has 1 aliphatic heterocycles. The van der Waals surface area contributed by atoms with Crippen LogP contribution in [0.1, 0.15) is 54.6 Å². The Hall–Kier alpha value is -2.44. The van der Waals surface area contributed by atoms with Crippen LogP contribution >= 0.6 is 0 Å². The molecule has 3 heterocycles. The largest absolute Gasteiger partial charge is 0.335 e. The number of fused-ring (bicyclic) bond motifs is 1. The molecule has 2 aliphatic rings. The van der Waals surface area contributed by atoms with Crippen LogP contribution in [0.15, 0.2) is 23.1 Å². The quantitative estimate of drug-likeness (QED) is 0.906. The maximum absolute atomic E-state index is 13.2. The highest BCUT2D eigenvalue weighted by Crippen LogP contribution is 2.36. The number of likely N-dealkylation sites (tertiary alicyclic amines) is 1. The third kappa shape index (κ3) is 2.88. The first-order chi connectivity index (χ1) is 12.1. The van der Waals surface area contributed by atoms with Crippen LogP contribution in [0.5, 0.6) is 0 Å². The number of aromatic amines is 1. The lowest BCUT2D eigenvalue weighted by molar-refractivity contribution is 0.0390. The van der Waals surface area contributed by atoms with Gasteiger partial charge in [0.1, 0.15) is 0 Å². The van der Waals surface area contributed by atoms with E-state index in [2.05, 4.69) is 20.2 Å². The standard InChI is InChI=1S/C18H23N5O2/c1-12-14(11-19-23(12)16-8-9-17(24)21-20-16)18(25)22-10-4-6-13-5-2-3-7-15(13)22/h8-9,11,13,15H,2-7,10H2,1H3,(H,21,24). The summed E-state index contributed by atoms with van der Waals surface area (Å²) in [6.07, 6.45) is 8.81. The van der Waals surface area contributed by atoms with Gasteiger partial charge < -0.3 is 4.90 Å². The number of H-pyrrole nitrogens is 1. The molecule has 2 atom stereocenters. The molecule has 2 aromatic rings. The van der Waals surface area contributed by atoms with Crippen molar-refractivity contribution >= 4 is 5.91 Å². The highest BCUT2D eigenvalue weighted by Gasteiger charge is 2.36. The second-order valence-electron chi connectivity index (χ2n) is 7.09. The predicted octanol–water partition coefficient (Wildman–Crippen LogP) is 2.06. The molecule has 2 aromatic heterocycles. The van der Waals surface area contributed by atoms with Crippen LogP contribution in [-0.2, 0) is 0 Å². The number of nitrogens with one attached hydrogen (secondary N) is 1. The topological polar surface area (TPSA) is 83.9 Å². The fourth-order valence-electron chi connectivity index (χ4n) is 4.34. The zero-order chi connectivity index (χ0) is 17.4. The molecule has 7 heteroatoms. The van der Waals surface area contributed by atoms with E-state index in [1.165, 1.54) is 31.7 Å². The Kier molecular flexibility index (Phi) is 4.15. The zero-order valence-corrected chi connectivity index (χ0v) is 14.4. The number of carbonyl (C=O) groups excluding carboxylic acids is 1. The van der Waals surface area contributed by atoms with E-state index in [9.17, 15) is 9.59 Å². The molecule has 1 amide bonds. The summed E-state index contributed by atoms with van der Waals surface area (Å²) >= 11 is 0. The average Bonchev–Trinajstić information content (AvgIpc) is 3.03. The summed E-state index contributed by atoms with van der Waals surface area (Å²) in [6, 6.07) is 3.39. The highest BCUT2D eigenvalue weighted by molar-refractivity contribution is 5.95. The molecule has 132 valence electrons. The van der Waals surface area contributed by atoms with E-state index in [-0.39, 0.29) is 11.5 Å². The Bertz CT molecular complexity index is 818. The van der Waals surface area contributed by atoms with Gasteiger partial charge in [0.2, 0.25) is 0 Å². The van der Waals surface area contributed by atoms with Crippen molar-refractivity contribution in [3.05, 3.63) is 39.9 Å². The van der Waals surface area contributed by atoms with Gasteiger partial charge in [-0.3, -0.25) is 9.59 Å². The van der Waals surface area contributed by atoms with Gasteiger partial charge in [-0.15, -0.1) is 0 Å². The van der Waals surface area contributed by atoms with Crippen LogP contribution in [0.2, 0.25) is 0 Å². The molecule has 2 fully saturated rings. The lowest BCUT2D eigenvalue weighted by atomic mass is 9.78.